The second-order valence-electron chi connectivity index (χ2n) is 3.97. The van der Waals surface area contributed by atoms with Gasteiger partial charge in [0.2, 0.25) is 0 Å². The largest absolute Gasteiger partial charge is 0.393 e. The van der Waals surface area contributed by atoms with Crippen LogP contribution in [-0.2, 0) is 0 Å². The van der Waals surface area contributed by atoms with Crippen LogP contribution in [0.15, 0.2) is 17.5 Å². The fourth-order valence-electron chi connectivity index (χ4n) is 1.90. The molecule has 1 unspecified atom stereocenters. The van der Waals surface area contributed by atoms with E-state index in [4.69, 9.17) is 0 Å². The molecule has 2 N–H and O–H groups in total. The Morgan fingerprint density at radius 3 is 2.93 bits per heavy atom. The first kappa shape index (κ1) is 10.1. The number of rotatable bonds is 4. The summed E-state index contributed by atoms with van der Waals surface area (Å²) in [6.45, 7) is 2.20. The van der Waals surface area contributed by atoms with Crippen molar-refractivity contribution in [1.29, 1.82) is 0 Å². The monoisotopic (exact) mass is 211 g/mol. The van der Waals surface area contributed by atoms with E-state index in [1.54, 1.807) is 0 Å². The van der Waals surface area contributed by atoms with Crippen LogP contribution in [0, 0.1) is 0 Å². The molecule has 1 fully saturated rings. The second-order valence-corrected chi connectivity index (χ2v) is 4.94. The van der Waals surface area contributed by atoms with Crippen LogP contribution in [0.5, 0.6) is 0 Å². The van der Waals surface area contributed by atoms with E-state index in [1.165, 1.54) is 4.88 Å². The van der Waals surface area contributed by atoms with Gasteiger partial charge in [0.05, 0.1) is 6.10 Å². The van der Waals surface area contributed by atoms with Gasteiger partial charge in [0.1, 0.15) is 0 Å². The molecule has 0 amide bonds. The first-order valence-electron chi connectivity index (χ1n) is 5.27. The van der Waals surface area contributed by atoms with Gasteiger partial charge in [-0.3, -0.25) is 0 Å². The number of nitrogens with one attached hydrogen (secondary N) is 1. The summed E-state index contributed by atoms with van der Waals surface area (Å²) in [7, 11) is 0. The SMILES string of the molecule is CCC(NC1CC(O)C1)c1cccs1. The summed E-state index contributed by atoms with van der Waals surface area (Å²) in [4.78, 5) is 1.41. The van der Waals surface area contributed by atoms with Crippen molar-refractivity contribution in [2.24, 2.45) is 0 Å². The normalized spacial score (nSPS) is 28.4. The molecule has 1 aliphatic carbocycles. The molecule has 0 spiro atoms. The summed E-state index contributed by atoms with van der Waals surface area (Å²) in [5.74, 6) is 0. The number of thiophene rings is 1. The summed E-state index contributed by atoms with van der Waals surface area (Å²) in [6, 6.07) is 5.28. The highest BCUT2D eigenvalue weighted by Gasteiger charge is 2.28. The van der Waals surface area contributed by atoms with Crippen molar-refractivity contribution >= 4 is 11.3 Å². The van der Waals surface area contributed by atoms with E-state index < -0.39 is 0 Å². The van der Waals surface area contributed by atoms with E-state index >= 15 is 0 Å². The summed E-state index contributed by atoms with van der Waals surface area (Å²) >= 11 is 1.81. The lowest BCUT2D eigenvalue weighted by Gasteiger charge is -2.35. The molecule has 3 heteroatoms. The molecule has 0 aromatic carbocycles. The van der Waals surface area contributed by atoms with Crippen LogP contribution in [-0.4, -0.2) is 17.3 Å². The average molecular weight is 211 g/mol. The van der Waals surface area contributed by atoms with Gasteiger partial charge >= 0.3 is 0 Å². The van der Waals surface area contributed by atoms with Crippen LogP contribution in [0.1, 0.15) is 37.1 Å². The third-order valence-electron chi connectivity index (χ3n) is 2.84. The van der Waals surface area contributed by atoms with Crippen LogP contribution in [0.4, 0.5) is 0 Å². The molecule has 2 rings (SSSR count). The van der Waals surface area contributed by atoms with Crippen LogP contribution in [0.25, 0.3) is 0 Å². The van der Waals surface area contributed by atoms with Crippen molar-refractivity contribution in [2.45, 2.75) is 44.4 Å². The molecule has 14 heavy (non-hydrogen) atoms. The highest BCUT2D eigenvalue weighted by Crippen LogP contribution is 2.27. The van der Waals surface area contributed by atoms with Crippen molar-refractivity contribution in [3.63, 3.8) is 0 Å². The van der Waals surface area contributed by atoms with Gasteiger partial charge in [-0.1, -0.05) is 13.0 Å². The molecular weight excluding hydrogens is 194 g/mol. The zero-order valence-corrected chi connectivity index (χ0v) is 9.26. The van der Waals surface area contributed by atoms with Gasteiger partial charge in [-0.15, -0.1) is 11.3 Å². The first-order chi connectivity index (χ1) is 6.79. The molecule has 1 atom stereocenters. The average Bonchev–Trinajstić information content (AvgIpc) is 2.63. The van der Waals surface area contributed by atoms with Crippen LogP contribution in [0.3, 0.4) is 0 Å². The Balaban J connectivity index is 1.88. The summed E-state index contributed by atoms with van der Waals surface area (Å²) in [6.07, 6.45) is 2.89. The van der Waals surface area contributed by atoms with Crippen LogP contribution in [0.2, 0.25) is 0 Å². The summed E-state index contributed by atoms with van der Waals surface area (Å²) in [5, 5.41) is 14.9. The van der Waals surface area contributed by atoms with Crippen molar-refractivity contribution in [3.05, 3.63) is 22.4 Å². The zero-order chi connectivity index (χ0) is 9.97. The standard InChI is InChI=1S/C11H17NOS/c1-2-10(11-4-3-5-14-11)12-8-6-9(13)7-8/h3-5,8-10,12-13H,2,6-7H2,1H3. The van der Waals surface area contributed by atoms with Gasteiger partial charge < -0.3 is 10.4 Å². The summed E-state index contributed by atoms with van der Waals surface area (Å²) < 4.78 is 0. The van der Waals surface area contributed by atoms with E-state index in [1.807, 2.05) is 11.3 Å². The minimum Gasteiger partial charge on any atom is -0.393 e. The molecule has 78 valence electrons. The highest BCUT2D eigenvalue weighted by molar-refractivity contribution is 7.10. The van der Waals surface area contributed by atoms with Gasteiger partial charge in [-0.25, -0.2) is 0 Å². The van der Waals surface area contributed by atoms with E-state index in [9.17, 15) is 5.11 Å². The molecule has 1 aromatic heterocycles. The lowest BCUT2D eigenvalue weighted by atomic mass is 9.88. The van der Waals surface area contributed by atoms with Crippen LogP contribution >= 0.6 is 11.3 Å². The van der Waals surface area contributed by atoms with E-state index in [2.05, 4.69) is 29.8 Å². The fourth-order valence-corrected chi connectivity index (χ4v) is 2.77. The van der Waals surface area contributed by atoms with E-state index in [0.29, 0.717) is 12.1 Å². The highest BCUT2D eigenvalue weighted by atomic mass is 32.1. The molecule has 1 aliphatic rings. The Bertz CT molecular complexity index is 267. The summed E-state index contributed by atoms with van der Waals surface area (Å²) in [5.41, 5.74) is 0. The molecular formula is C11H17NOS. The van der Waals surface area contributed by atoms with Gasteiger partial charge in [-0.05, 0) is 30.7 Å². The predicted octanol–water partition coefficient (Wildman–Crippen LogP) is 2.31. The van der Waals surface area contributed by atoms with Gasteiger partial charge in [0.15, 0.2) is 0 Å². The van der Waals surface area contributed by atoms with Gasteiger partial charge in [0, 0.05) is 17.0 Å². The second kappa shape index (κ2) is 4.43. The third-order valence-corrected chi connectivity index (χ3v) is 3.83. The fraction of sp³-hybridized carbons (Fsp3) is 0.636. The number of aliphatic hydroxyl groups excluding tert-OH is 1. The number of aliphatic hydroxyl groups is 1. The maximum atomic E-state index is 9.20. The Labute approximate surface area is 89.0 Å². The number of hydrogen-bond acceptors (Lipinski definition) is 3. The minimum atomic E-state index is -0.0617. The molecule has 1 aromatic rings. The van der Waals surface area contributed by atoms with Crippen molar-refractivity contribution in [3.8, 4) is 0 Å². The Morgan fingerprint density at radius 2 is 2.43 bits per heavy atom. The maximum absolute atomic E-state index is 9.20. The van der Waals surface area contributed by atoms with Crippen molar-refractivity contribution < 1.29 is 5.11 Å². The molecule has 2 nitrogen and oxygen atoms in total. The Morgan fingerprint density at radius 1 is 1.64 bits per heavy atom. The molecule has 1 heterocycles. The molecule has 1 saturated carbocycles. The lowest BCUT2D eigenvalue weighted by molar-refractivity contribution is 0.0576. The maximum Gasteiger partial charge on any atom is 0.0570 e. The molecule has 0 radical (unpaired) electrons. The molecule has 0 aliphatic heterocycles. The van der Waals surface area contributed by atoms with E-state index in [-0.39, 0.29) is 6.10 Å². The molecule has 0 saturated heterocycles. The van der Waals surface area contributed by atoms with E-state index in [0.717, 1.165) is 19.3 Å². The first-order valence-corrected chi connectivity index (χ1v) is 6.15. The van der Waals surface area contributed by atoms with Crippen molar-refractivity contribution in [2.75, 3.05) is 0 Å². The molecule has 0 bridgehead atoms. The third kappa shape index (κ3) is 2.16. The minimum absolute atomic E-state index is 0.0617. The Hall–Kier alpha value is -0.380. The van der Waals surface area contributed by atoms with Crippen molar-refractivity contribution in [1.82, 2.24) is 5.32 Å². The van der Waals surface area contributed by atoms with Gasteiger partial charge in [-0.2, -0.15) is 0 Å². The predicted molar refractivity (Wildman–Crippen MR) is 59.5 cm³/mol. The smallest absolute Gasteiger partial charge is 0.0570 e. The Kier molecular flexibility index (Phi) is 3.21. The number of hydrogen-bond donors (Lipinski definition) is 2. The van der Waals surface area contributed by atoms with Crippen LogP contribution < -0.4 is 5.32 Å². The topological polar surface area (TPSA) is 32.3 Å². The lowest BCUT2D eigenvalue weighted by Crippen LogP contribution is -2.45. The van der Waals surface area contributed by atoms with Gasteiger partial charge in [0.25, 0.3) is 0 Å². The quantitative estimate of drug-likeness (QED) is 0.801. The zero-order valence-electron chi connectivity index (χ0n) is 8.44.